The number of nitrogens with zero attached hydrogens (tertiary/aromatic N) is 2. The molecular weight excluding hydrogens is 640 g/mol. The number of para-hydroxylation sites is 1. The lowest BCUT2D eigenvalue weighted by molar-refractivity contribution is -0.137. The molecule has 3 heterocycles. The number of carbonyl (C=O) groups excluding carboxylic acids is 3. The minimum absolute atomic E-state index is 0.0335. The first-order valence-corrected chi connectivity index (χ1v) is 16.8. The Morgan fingerprint density at radius 3 is 2.37 bits per heavy atom. The minimum Gasteiger partial charge on any atom is -0.481 e. The zero-order chi connectivity index (χ0) is 35.5. The first kappa shape index (κ1) is 33.2. The lowest BCUT2D eigenvalue weighted by atomic mass is 9.89. The number of fused-ring (bicyclic) bond motifs is 1. The normalized spacial score (nSPS) is 16.7. The van der Waals surface area contributed by atoms with E-state index in [4.69, 9.17) is 0 Å². The summed E-state index contributed by atoms with van der Waals surface area (Å²) >= 11 is 0. The number of aliphatic carboxylic acids is 1. The van der Waals surface area contributed by atoms with Crippen LogP contribution in [0.5, 0.6) is 0 Å². The van der Waals surface area contributed by atoms with Gasteiger partial charge in [0.25, 0.3) is 11.8 Å². The number of Topliss-reactive ketones (excluding diaryl/α,β-unsaturated/α-hetero) is 1. The highest BCUT2D eigenvalue weighted by atomic mass is 16.4. The number of nitrogens with one attached hydrogen (secondary N) is 2. The zero-order valence-electron chi connectivity index (χ0n) is 28.0. The van der Waals surface area contributed by atoms with Gasteiger partial charge in [-0.1, -0.05) is 84.9 Å². The number of carboxylic acids is 1. The van der Waals surface area contributed by atoms with Crippen LogP contribution in [-0.2, 0) is 28.0 Å². The highest BCUT2D eigenvalue weighted by Crippen LogP contribution is 2.34. The van der Waals surface area contributed by atoms with Crippen molar-refractivity contribution in [1.82, 2.24) is 10.3 Å². The second kappa shape index (κ2) is 13.9. The molecule has 1 aromatic heterocycles. The third-order valence-corrected chi connectivity index (χ3v) is 9.54. The number of carbonyl (C=O) groups is 4. The van der Waals surface area contributed by atoms with Gasteiger partial charge in [-0.25, -0.2) is 0 Å². The number of ketones is 1. The number of hydrogen-bond acceptors (Lipinski definition) is 5. The Kier molecular flexibility index (Phi) is 9.02. The van der Waals surface area contributed by atoms with E-state index in [0.29, 0.717) is 28.8 Å². The third kappa shape index (κ3) is 7.05. The predicted octanol–water partition coefficient (Wildman–Crippen LogP) is 6.87. The molecule has 0 saturated heterocycles. The van der Waals surface area contributed by atoms with Crippen LogP contribution in [0.1, 0.15) is 62.4 Å². The maximum absolute atomic E-state index is 13.3. The van der Waals surface area contributed by atoms with Gasteiger partial charge >= 0.3 is 5.97 Å². The van der Waals surface area contributed by atoms with E-state index in [0.717, 1.165) is 34.5 Å². The Labute approximate surface area is 295 Å². The Balaban J connectivity index is 0.987. The molecule has 0 saturated carbocycles. The zero-order valence-corrected chi connectivity index (χ0v) is 28.0. The van der Waals surface area contributed by atoms with Crippen LogP contribution in [0.3, 0.4) is 0 Å². The molecule has 0 spiro atoms. The fraction of sp³-hybridized carbons (Fsp3) is 0.167. The smallest absolute Gasteiger partial charge is 0.305 e. The van der Waals surface area contributed by atoms with Crippen LogP contribution in [0, 0.1) is 0 Å². The van der Waals surface area contributed by atoms with Gasteiger partial charge in [0, 0.05) is 47.9 Å². The molecule has 51 heavy (non-hydrogen) atoms. The number of anilines is 1. The predicted molar refractivity (Wildman–Crippen MR) is 196 cm³/mol. The molecular formula is C42H36N4O5. The summed E-state index contributed by atoms with van der Waals surface area (Å²) < 4.78 is 0. The lowest BCUT2D eigenvalue weighted by Crippen LogP contribution is -2.30. The molecule has 0 bridgehead atoms. The number of H-pyrrole nitrogens is 1. The fourth-order valence-corrected chi connectivity index (χ4v) is 6.68. The number of hydrogen-bond donors (Lipinski definition) is 3. The van der Waals surface area contributed by atoms with Gasteiger partial charge in [0.15, 0.2) is 5.78 Å². The summed E-state index contributed by atoms with van der Waals surface area (Å²) in [6, 6.07) is 32.8. The summed E-state index contributed by atoms with van der Waals surface area (Å²) in [4.78, 5) is 60.7. The number of amides is 2. The fourth-order valence-electron chi connectivity index (χ4n) is 6.68. The maximum atomic E-state index is 13.3. The van der Waals surface area contributed by atoms with E-state index >= 15 is 0 Å². The highest BCUT2D eigenvalue weighted by molar-refractivity contribution is 6.15. The summed E-state index contributed by atoms with van der Waals surface area (Å²) in [5.41, 5.74) is 7.00. The highest BCUT2D eigenvalue weighted by Gasteiger charge is 2.30. The minimum atomic E-state index is -1.03. The average Bonchev–Trinajstić information content (AvgIpc) is 3.91. The number of aromatic amines is 1. The van der Waals surface area contributed by atoms with Crippen LogP contribution in [0.25, 0.3) is 11.3 Å². The van der Waals surface area contributed by atoms with Crippen LogP contribution in [0.15, 0.2) is 132 Å². The van der Waals surface area contributed by atoms with Crippen LogP contribution in [0.2, 0.25) is 0 Å². The molecule has 0 aliphatic carbocycles. The van der Waals surface area contributed by atoms with Crippen molar-refractivity contribution in [2.75, 3.05) is 11.4 Å². The van der Waals surface area contributed by atoms with Crippen molar-refractivity contribution in [3.63, 3.8) is 0 Å². The largest absolute Gasteiger partial charge is 0.481 e. The summed E-state index contributed by atoms with van der Waals surface area (Å²) in [6.07, 6.45) is 5.98. The molecule has 0 radical (unpaired) electrons. The number of aliphatic imine (C=N–C) groups is 1. The van der Waals surface area contributed by atoms with Crippen molar-refractivity contribution in [3.8, 4) is 11.3 Å². The second-order valence-electron chi connectivity index (χ2n) is 13.1. The van der Waals surface area contributed by atoms with Crippen molar-refractivity contribution in [2.45, 2.75) is 37.8 Å². The van der Waals surface area contributed by atoms with Crippen molar-refractivity contribution >= 4 is 35.5 Å². The van der Waals surface area contributed by atoms with Crippen LogP contribution < -0.4 is 10.2 Å². The van der Waals surface area contributed by atoms with Crippen molar-refractivity contribution in [2.24, 2.45) is 4.99 Å². The van der Waals surface area contributed by atoms with Gasteiger partial charge in [-0.15, -0.1) is 0 Å². The molecule has 3 N–H and O–H groups in total. The van der Waals surface area contributed by atoms with Gasteiger partial charge < -0.3 is 20.3 Å². The van der Waals surface area contributed by atoms with E-state index in [9.17, 15) is 24.3 Å². The second-order valence-corrected chi connectivity index (χ2v) is 13.1. The van der Waals surface area contributed by atoms with E-state index in [1.54, 1.807) is 48.8 Å². The van der Waals surface area contributed by atoms with Gasteiger partial charge in [0.2, 0.25) is 0 Å². The molecule has 9 nitrogen and oxygen atoms in total. The van der Waals surface area contributed by atoms with Gasteiger partial charge in [-0.2, -0.15) is 0 Å². The molecule has 2 atom stereocenters. The molecule has 2 amide bonds. The molecule has 2 aliphatic heterocycles. The van der Waals surface area contributed by atoms with E-state index in [2.05, 4.69) is 21.4 Å². The molecule has 0 fully saturated rings. The quantitative estimate of drug-likeness (QED) is 0.141. The van der Waals surface area contributed by atoms with E-state index in [1.807, 2.05) is 84.6 Å². The first-order valence-electron chi connectivity index (χ1n) is 16.8. The molecule has 5 aromatic rings. The average molecular weight is 677 g/mol. The number of aromatic nitrogens is 1. The summed E-state index contributed by atoms with van der Waals surface area (Å²) in [6.45, 7) is 2.58. The van der Waals surface area contributed by atoms with Crippen molar-refractivity contribution in [1.29, 1.82) is 0 Å². The summed E-state index contributed by atoms with van der Waals surface area (Å²) in [7, 11) is 0. The Morgan fingerprint density at radius 2 is 1.63 bits per heavy atom. The third-order valence-electron chi connectivity index (χ3n) is 9.54. The summed E-state index contributed by atoms with van der Waals surface area (Å²) in [5.74, 6) is -1.47. The monoisotopic (exact) mass is 676 g/mol. The Morgan fingerprint density at radius 1 is 0.902 bits per heavy atom. The summed E-state index contributed by atoms with van der Waals surface area (Å²) in [5, 5.41) is 12.3. The standard InChI is InChI=1S/C42H36N4O5/c1-42(34-17-15-29(16-18-34)36(23-39(48)49)45-40(50)31-8-3-2-4-9-31)24-33(26-44-42)38(47)21-27-11-13-28(14-12-27)35-22-32(25-43-35)41(51)46-20-19-30-7-5-6-10-37(30)46/h2-18,22,24-26,36,43H,19-21,23H2,1H3,(H,45,50)(H,48,49). The Hall–Kier alpha value is -6.35. The first-order chi connectivity index (χ1) is 24.7. The Bertz CT molecular complexity index is 2180. The van der Waals surface area contributed by atoms with Gasteiger partial charge in [-0.3, -0.25) is 24.2 Å². The van der Waals surface area contributed by atoms with Gasteiger partial charge in [0.1, 0.15) is 5.54 Å². The van der Waals surface area contributed by atoms with E-state index in [1.165, 1.54) is 5.56 Å². The molecule has 9 heteroatoms. The molecule has 4 aromatic carbocycles. The molecule has 7 rings (SSSR count). The van der Waals surface area contributed by atoms with E-state index in [-0.39, 0.29) is 30.4 Å². The van der Waals surface area contributed by atoms with Crippen LogP contribution in [0.4, 0.5) is 5.69 Å². The van der Waals surface area contributed by atoms with Crippen LogP contribution in [-0.4, -0.2) is 46.4 Å². The van der Waals surface area contributed by atoms with Gasteiger partial charge in [0.05, 0.1) is 18.0 Å². The maximum Gasteiger partial charge on any atom is 0.305 e. The van der Waals surface area contributed by atoms with Crippen molar-refractivity contribution in [3.05, 3.63) is 160 Å². The number of carboxylic acid groups (broad SMARTS) is 1. The van der Waals surface area contributed by atoms with E-state index < -0.39 is 17.6 Å². The number of benzene rings is 4. The van der Waals surface area contributed by atoms with Gasteiger partial charge in [-0.05, 0) is 71.5 Å². The topological polar surface area (TPSA) is 132 Å². The SMILES string of the molecule is CC1(c2ccc(C(CC(=O)O)NC(=O)c3ccccc3)cc2)C=C(C(=O)Cc2ccc(-c3cc(C(=O)N4CCc5ccccc54)c[nH]3)cc2)C=N1. The molecule has 254 valence electrons. The number of allylic oxidation sites excluding steroid dienone is 1. The lowest BCUT2D eigenvalue weighted by Gasteiger charge is -2.22. The molecule has 2 unspecified atom stereocenters. The van der Waals surface area contributed by atoms with Crippen LogP contribution >= 0.6 is 0 Å². The van der Waals surface area contributed by atoms with Crippen molar-refractivity contribution < 1.29 is 24.3 Å². The molecule has 2 aliphatic rings. The number of rotatable bonds is 11.